The molecule has 1 aromatic carbocycles. The van der Waals surface area contributed by atoms with Gasteiger partial charge in [0, 0.05) is 17.9 Å². The number of nitrogens with one attached hydrogen (secondary N) is 1. The van der Waals surface area contributed by atoms with Crippen molar-refractivity contribution < 1.29 is 4.74 Å². The van der Waals surface area contributed by atoms with Gasteiger partial charge in [-0.1, -0.05) is 44.7 Å². The summed E-state index contributed by atoms with van der Waals surface area (Å²) in [4.78, 5) is 0. The predicted octanol–water partition coefficient (Wildman–Crippen LogP) is 4.33. The molecule has 2 heteroatoms. The molecule has 0 bridgehead atoms. The van der Waals surface area contributed by atoms with Crippen molar-refractivity contribution in [2.75, 3.05) is 7.05 Å². The summed E-state index contributed by atoms with van der Waals surface area (Å²) in [5.41, 5.74) is 1.81. The first kappa shape index (κ1) is 14.9. The fourth-order valence-corrected chi connectivity index (χ4v) is 4.39. The molecular weight excluding hydrogens is 258 g/mol. The van der Waals surface area contributed by atoms with Gasteiger partial charge in [-0.3, -0.25) is 0 Å². The Morgan fingerprint density at radius 3 is 2.48 bits per heavy atom. The molecule has 1 N–H and O–H groups in total. The lowest BCUT2D eigenvalue weighted by Crippen LogP contribution is -2.64. The average Bonchev–Trinajstić information content (AvgIpc) is 2.53. The van der Waals surface area contributed by atoms with Crippen LogP contribution < -0.4 is 10.1 Å². The van der Waals surface area contributed by atoms with E-state index in [1.54, 1.807) is 0 Å². The van der Waals surface area contributed by atoms with Crippen LogP contribution in [-0.2, 0) is 6.42 Å². The third-order valence-corrected chi connectivity index (χ3v) is 5.66. The summed E-state index contributed by atoms with van der Waals surface area (Å²) in [5.74, 6) is 1.05. The Bertz CT molecular complexity index is 447. The van der Waals surface area contributed by atoms with E-state index in [0.29, 0.717) is 17.6 Å². The standard InChI is InChI=1S/C19H29NO/c1-3-7-15-8-10-16(11-9-15)21-18-14-17(20-2)19(18)12-5-4-6-13-19/h8-11,17-18,20H,3-7,12-14H2,1-2H3. The zero-order valence-electron chi connectivity index (χ0n) is 13.5. The van der Waals surface area contributed by atoms with Gasteiger partial charge in [0.1, 0.15) is 11.9 Å². The molecule has 2 atom stereocenters. The second-order valence-corrected chi connectivity index (χ2v) is 6.87. The first-order valence-electron chi connectivity index (χ1n) is 8.71. The summed E-state index contributed by atoms with van der Waals surface area (Å²) in [6.45, 7) is 2.23. The highest BCUT2D eigenvalue weighted by Gasteiger charge is 2.55. The monoisotopic (exact) mass is 287 g/mol. The van der Waals surface area contributed by atoms with Crippen LogP contribution in [0.3, 0.4) is 0 Å². The lowest BCUT2D eigenvalue weighted by molar-refractivity contribution is -0.100. The summed E-state index contributed by atoms with van der Waals surface area (Å²) < 4.78 is 6.37. The minimum atomic E-state index is 0.398. The molecule has 2 unspecified atom stereocenters. The Hall–Kier alpha value is -1.02. The van der Waals surface area contributed by atoms with E-state index in [4.69, 9.17) is 4.74 Å². The third-order valence-electron chi connectivity index (χ3n) is 5.66. The summed E-state index contributed by atoms with van der Waals surface area (Å²) >= 11 is 0. The Kier molecular flexibility index (Phi) is 4.54. The van der Waals surface area contributed by atoms with Crippen LogP contribution in [0.15, 0.2) is 24.3 Å². The topological polar surface area (TPSA) is 21.3 Å². The lowest BCUT2D eigenvalue weighted by Gasteiger charge is -2.57. The number of rotatable bonds is 5. The largest absolute Gasteiger partial charge is 0.490 e. The van der Waals surface area contributed by atoms with Crippen molar-refractivity contribution in [2.45, 2.75) is 70.4 Å². The summed E-state index contributed by atoms with van der Waals surface area (Å²) in [6, 6.07) is 9.42. The first-order chi connectivity index (χ1) is 10.3. The molecule has 0 saturated heterocycles. The van der Waals surface area contributed by atoms with Gasteiger partial charge in [0.2, 0.25) is 0 Å². The maximum Gasteiger partial charge on any atom is 0.119 e. The molecule has 1 spiro atoms. The summed E-state index contributed by atoms with van der Waals surface area (Å²) in [6.07, 6.45) is 10.7. The van der Waals surface area contributed by atoms with E-state index in [-0.39, 0.29) is 0 Å². The van der Waals surface area contributed by atoms with Crippen molar-refractivity contribution in [2.24, 2.45) is 5.41 Å². The molecule has 0 radical (unpaired) electrons. The number of benzene rings is 1. The Morgan fingerprint density at radius 2 is 1.86 bits per heavy atom. The molecule has 0 amide bonds. The fraction of sp³-hybridized carbons (Fsp3) is 0.684. The number of ether oxygens (including phenoxy) is 1. The van der Waals surface area contributed by atoms with Crippen molar-refractivity contribution in [3.8, 4) is 5.75 Å². The molecule has 2 saturated carbocycles. The highest BCUT2D eigenvalue weighted by Crippen LogP contribution is 2.53. The van der Waals surface area contributed by atoms with Crippen molar-refractivity contribution in [1.82, 2.24) is 5.32 Å². The van der Waals surface area contributed by atoms with E-state index in [9.17, 15) is 0 Å². The fourth-order valence-electron chi connectivity index (χ4n) is 4.39. The number of hydrogen-bond donors (Lipinski definition) is 1. The summed E-state index contributed by atoms with van der Waals surface area (Å²) in [5, 5.41) is 3.52. The molecule has 116 valence electrons. The molecule has 2 fully saturated rings. The molecule has 21 heavy (non-hydrogen) atoms. The average molecular weight is 287 g/mol. The zero-order chi connectivity index (χ0) is 14.7. The van der Waals surface area contributed by atoms with Gasteiger partial charge in [-0.2, -0.15) is 0 Å². The smallest absolute Gasteiger partial charge is 0.119 e. The maximum atomic E-state index is 6.37. The second kappa shape index (κ2) is 6.39. The van der Waals surface area contributed by atoms with Gasteiger partial charge in [-0.25, -0.2) is 0 Å². The lowest BCUT2D eigenvalue weighted by atomic mass is 9.55. The van der Waals surface area contributed by atoms with Crippen molar-refractivity contribution in [3.63, 3.8) is 0 Å². The number of hydrogen-bond acceptors (Lipinski definition) is 2. The molecule has 2 aliphatic rings. The normalized spacial score (nSPS) is 27.3. The maximum absolute atomic E-state index is 6.37. The predicted molar refractivity (Wildman–Crippen MR) is 87.8 cm³/mol. The SMILES string of the molecule is CCCc1ccc(OC2CC(NC)C23CCCCC3)cc1. The van der Waals surface area contributed by atoms with Crippen LogP contribution in [0.25, 0.3) is 0 Å². The molecule has 0 aliphatic heterocycles. The highest BCUT2D eigenvalue weighted by molar-refractivity contribution is 5.28. The van der Waals surface area contributed by atoms with Gasteiger partial charge in [0.15, 0.2) is 0 Å². The van der Waals surface area contributed by atoms with Gasteiger partial charge < -0.3 is 10.1 Å². The zero-order valence-corrected chi connectivity index (χ0v) is 13.5. The van der Waals surface area contributed by atoms with Gasteiger partial charge in [-0.05, 0) is 44.0 Å². The van der Waals surface area contributed by atoms with E-state index < -0.39 is 0 Å². The van der Waals surface area contributed by atoms with Crippen molar-refractivity contribution in [1.29, 1.82) is 0 Å². The molecule has 1 aromatic rings. The molecule has 2 nitrogen and oxygen atoms in total. The van der Waals surface area contributed by atoms with Gasteiger partial charge in [0.05, 0.1) is 0 Å². The van der Waals surface area contributed by atoms with E-state index in [0.717, 1.165) is 18.6 Å². The van der Waals surface area contributed by atoms with Crippen LogP contribution in [0.1, 0.15) is 57.4 Å². The van der Waals surface area contributed by atoms with E-state index in [1.165, 1.54) is 44.1 Å². The Labute approximate surface area is 129 Å². The van der Waals surface area contributed by atoms with Crippen LogP contribution in [0.4, 0.5) is 0 Å². The van der Waals surface area contributed by atoms with Crippen LogP contribution in [0.2, 0.25) is 0 Å². The minimum Gasteiger partial charge on any atom is -0.490 e. The molecular formula is C19H29NO. The molecule has 3 rings (SSSR count). The van der Waals surface area contributed by atoms with Crippen LogP contribution in [0, 0.1) is 5.41 Å². The number of aryl methyl sites for hydroxylation is 1. The van der Waals surface area contributed by atoms with Crippen LogP contribution in [0.5, 0.6) is 5.75 Å². The molecule has 0 aromatic heterocycles. The molecule has 0 heterocycles. The minimum absolute atomic E-state index is 0.398. The summed E-state index contributed by atoms with van der Waals surface area (Å²) in [7, 11) is 2.11. The van der Waals surface area contributed by atoms with Gasteiger partial charge in [-0.15, -0.1) is 0 Å². The first-order valence-corrected chi connectivity index (χ1v) is 8.71. The highest BCUT2D eigenvalue weighted by atomic mass is 16.5. The van der Waals surface area contributed by atoms with Crippen LogP contribution in [-0.4, -0.2) is 19.2 Å². The van der Waals surface area contributed by atoms with Gasteiger partial charge in [0.25, 0.3) is 0 Å². The van der Waals surface area contributed by atoms with E-state index >= 15 is 0 Å². The third kappa shape index (κ3) is 2.83. The van der Waals surface area contributed by atoms with Gasteiger partial charge >= 0.3 is 0 Å². The quantitative estimate of drug-likeness (QED) is 0.870. The van der Waals surface area contributed by atoms with E-state index in [2.05, 4.69) is 43.6 Å². The Balaban J connectivity index is 1.66. The van der Waals surface area contributed by atoms with Crippen molar-refractivity contribution >= 4 is 0 Å². The van der Waals surface area contributed by atoms with Crippen molar-refractivity contribution in [3.05, 3.63) is 29.8 Å². The van der Waals surface area contributed by atoms with Crippen LogP contribution >= 0.6 is 0 Å². The Morgan fingerprint density at radius 1 is 1.14 bits per heavy atom. The molecule has 2 aliphatic carbocycles. The van der Waals surface area contributed by atoms with E-state index in [1.807, 2.05) is 0 Å². The second-order valence-electron chi connectivity index (χ2n) is 6.87.